The average Bonchev–Trinajstić information content (AvgIpc) is 3.12. The van der Waals surface area contributed by atoms with Crippen LogP contribution in [0.25, 0.3) is 10.6 Å². The second-order valence-electron chi connectivity index (χ2n) is 6.20. The van der Waals surface area contributed by atoms with Crippen LogP contribution in [-0.4, -0.2) is 28.9 Å². The van der Waals surface area contributed by atoms with Crippen LogP contribution in [0.5, 0.6) is 11.5 Å². The van der Waals surface area contributed by atoms with Gasteiger partial charge in [-0.15, -0.1) is 11.3 Å². The average molecular weight is 413 g/mol. The van der Waals surface area contributed by atoms with Gasteiger partial charge in [0.25, 0.3) is 5.56 Å². The summed E-state index contributed by atoms with van der Waals surface area (Å²) in [4.78, 5) is 26.9. The van der Waals surface area contributed by atoms with E-state index < -0.39 is 0 Å². The topological polar surface area (TPSA) is 82.4 Å². The molecule has 0 radical (unpaired) electrons. The summed E-state index contributed by atoms with van der Waals surface area (Å²) in [6.07, 6.45) is 0. The van der Waals surface area contributed by atoms with E-state index in [2.05, 4.69) is 10.4 Å². The lowest BCUT2D eigenvalue weighted by Gasteiger charge is -2.14. The van der Waals surface area contributed by atoms with E-state index in [0.29, 0.717) is 36.1 Å². The van der Waals surface area contributed by atoms with Crippen molar-refractivity contribution in [3.8, 4) is 22.1 Å². The molecule has 2 heterocycles. The minimum Gasteiger partial charge on any atom is -0.494 e. The highest BCUT2D eigenvalue weighted by molar-refractivity contribution is 7.15. The Bertz CT molecular complexity index is 1060. The van der Waals surface area contributed by atoms with E-state index in [0.717, 1.165) is 14.4 Å². The Kier molecular flexibility index (Phi) is 6.66. The molecule has 29 heavy (non-hydrogen) atoms. The molecule has 0 atom stereocenters. The lowest BCUT2D eigenvalue weighted by molar-refractivity contribution is -0.117. The second-order valence-corrected chi connectivity index (χ2v) is 7.48. The number of carbonyl (C=O) groups is 1. The van der Waals surface area contributed by atoms with Crippen LogP contribution >= 0.6 is 11.3 Å². The molecule has 0 aliphatic heterocycles. The van der Waals surface area contributed by atoms with E-state index in [1.807, 2.05) is 32.9 Å². The van der Waals surface area contributed by atoms with Crippen LogP contribution in [0.1, 0.15) is 18.7 Å². The van der Waals surface area contributed by atoms with Gasteiger partial charge in [-0.1, -0.05) is 0 Å². The van der Waals surface area contributed by atoms with Gasteiger partial charge in [-0.2, -0.15) is 5.10 Å². The van der Waals surface area contributed by atoms with Gasteiger partial charge in [0.05, 0.1) is 23.8 Å². The first kappa shape index (κ1) is 20.6. The van der Waals surface area contributed by atoms with Crippen LogP contribution in [-0.2, 0) is 11.3 Å². The fraction of sp³-hybridized carbons (Fsp3) is 0.286. The van der Waals surface area contributed by atoms with Gasteiger partial charge in [-0.25, -0.2) is 4.68 Å². The van der Waals surface area contributed by atoms with Gasteiger partial charge in [0.15, 0.2) is 0 Å². The molecule has 1 amide bonds. The number of hydrogen-bond donors (Lipinski definition) is 1. The first-order valence-corrected chi connectivity index (χ1v) is 10.2. The van der Waals surface area contributed by atoms with Crippen molar-refractivity contribution in [1.82, 2.24) is 9.78 Å². The highest BCUT2D eigenvalue weighted by Gasteiger charge is 2.13. The number of carbonyl (C=O) groups excluding carboxylic acids is 1. The summed E-state index contributed by atoms with van der Waals surface area (Å²) in [5, 5.41) is 7.13. The molecule has 3 rings (SSSR count). The van der Waals surface area contributed by atoms with Crippen LogP contribution in [0.15, 0.2) is 47.3 Å². The predicted octanol–water partition coefficient (Wildman–Crippen LogP) is 3.72. The number of benzene rings is 1. The summed E-state index contributed by atoms with van der Waals surface area (Å²) in [6.45, 7) is 6.51. The molecule has 0 saturated carbocycles. The Morgan fingerprint density at radius 1 is 1.10 bits per heavy atom. The highest BCUT2D eigenvalue weighted by atomic mass is 32.1. The molecule has 0 aliphatic rings. The summed E-state index contributed by atoms with van der Waals surface area (Å²) in [5.74, 6) is 0.776. The summed E-state index contributed by atoms with van der Waals surface area (Å²) >= 11 is 1.58. The van der Waals surface area contributed by atoms with Gasteiger partial charge in [-0.3, -0.25) is 9.59 Å². The number of aryl methyl sites for hydroxylation is 1. The van der Waals surface area contributed by atoms with Crippen LogP contribution in [0, 0.1) is 6.92 Å². The third-order valence-electron chi connectivity index (χ3n) is 3.99. The third-order valence-corrected chi connectivity index (χ3v) is 5.01. The summed E-state index contributed by atoms with van der Waals surface area (Å²) < 4.78 is 12.2. The molecule has 3 aromatic rings. The van der Waals surface area contributed by atoms with Crippen molar-refractivity contribution in [2.75, 3.05) is 18.5 Å². The minimum atomic E-state index is -0.381. The van der Waals surface area contributed by atoms with E-state index in [1.54, 1.807) is 35.6 Å². The van der Waals surface area contributed by atoms with Crippen LogP contribution in [0.4, 0.5) is 5.69 Å². The lowest BCUT2D eigenvalue weighted by atomic mass is 10.2. The van der Waals surface area contributed by atoms with Crippen molar-refractivity contribution < 1.29 is 14.3 Å². The molecule has 2 aromatic heterocycles. The van der Waals surface area contributed by atoms with Gasteiger partial charge >= 0.3 is 0 Å². The van der Waals surface area contributed by atoms with E-state index in [-0.39, 0.29) is 18.0 Å². The molecule has 0 bridgehead atoms. The Hall–Kier alpha value is -3.13. The third kappa shape index (κ3) is 5.23. The summed E-state index contributed by atoms with van der Waals surface area (Å²) in [5.41, 5.74) is 0.801. The van der Waals surface area contributed by atoms with Gasteiger partial charge in [-0.05, 0) is 51.1 Å². The molecule has 1 aromatic carbocycles. The number of rotatable bonds is 8. The maximum atomic E-state index is 12.6. The summed E-state index contributed by atoms with van der Waals surface area (Å²) in [7, 11) is 0. The zero-order chi connectivity index (χ0) is 20.8. The van der Waals surface area contributed by atoms with Gasteiger partial charge in [0, 0.05) is 17.0 Å². The van der Waals surface area contributed by atoms with E-state index in [9.17, 15) is 9.59 Å². The number of aromatic nitrogens is 2. The SMILES string of the molecule is CCOc1ccc(OCC)c(NC(=O)Cn2nc(-c3ccc(C)s3)ccc2=O)c1. The first-order chi connectivity index (χ1) is 14.0. The van der Waals surface area contributed by atoms with Gasteiger partial charge < -0.3 is 14.8 Å². The molecule has 8 heteroatoms. The molecule has 7 nitrogen and oxygen atoms in total. The Morgan fingerprint density at radius 2 is 1.90 bits per heavy atom. The first-order valence-electron chi connectivity index (χ1n) is 9.34. The van der Waals surface area contributed by atoms with Crippen molar-refractivity contribution in [2.45, 2.75) is 27.3 Å². The van der Waals surface area contributed by atoms with Gasteiger partial charge in [0.2, 0.25) is 5.91 Å². The smallest absolute Gasteiger partial charge is 0.267 e. The lowest BCUT2D eigenvalue weighted by Crippen LogP contribution is -2.29. The number of ether oxygens (including phenoxy) is 2. The van der Waals surface area contributed by atoms with Crippen molar-refractivity contribution in [2.24, 2.45) is 0 Å². The van der Waals surface area contributed by atoms with Gasteiger partial charge in [0.1, 0.15) is 23.7 Å². The molecule has 0 fully saturated rings. The maximum Gasteiger partial charge on any atom is 0.267 e. The largest absolute Gasteiger partial charge is 0.494 e. The molecule has 152 valence electrons. The van der Waals surface area contributed by atoms with Crippen molar-refractivity contribution in [1.29, 1.82) is 0 Å². The second kappa shape index (κ2) is 9.38. The quantitative estimate of drug-likeness (QED) is 0.609. The van der Waals surface area contributed by atoms with Crippen LogP contribution in [0.3, 0.4) is 0 Å². The van der Waals surface area contributed by atoms with Crippen LogP contribution < -0.4 is 20.3 Å². The number of amides is 1. The van der Waals surface area contributed by atoms with Crippen molar-refractivity contribution in [3.63, 3.8) is 0 Å². The monoisotopic (exact) mass is 413 g/mol. The van der Waals surface area contributed by atoms with Crippen molar-refractivity contribution >= 4 is 22.9 Å². The molecule has 0 unspecified atom stereocenters. The van der Waals surface area contributed by atoms with E-state index in [4.69, 9.17) is 9.47 Å². The number of thiophene rings is 1. The Morgan fingerprint density at radius 3 is 2.59 bits per heavy atom. The summed E-state index contributed by atoms with van der Waals surface area (Å²) in [6, 6.07) is 12.3. The van der Waals surface area contributed by atoms with E-state index in [1.165, 1.54) is 6.07 Å². The normalized spacial score (nSPS) is 10.6. The fourth-order valence-corrected chi connectivity index (χ4v) is 3.57. The molecule has 0 spiro atoms. The maximum absolute atomic E-state index is 12.6. The zero-order valence-electron chi connectivity index (χ0n) is 16.6. The fourth-order valence-electron chi connectivity index (χ4n) is 2.74. The zero-order valence-corrected chi connectivity index (χ0v) is 17.4. The molecule has 0 saturated heterocycles. The van der Waals surface area contributed by atoms with Crippen molar-refractivity contribution in [3.05, 3.63) is 57.7 Å². The number of hydrogen-bond acceptors (Lipinski definition) is 6. The Balaban J connectivity index is 1.80. The number of nitrogens with zero attached hydrogens (tertiary/aromatic N) is 2. The number of anilines is 1. The highest BCUT2D eigenvalue weighted by Crippen LogP contribution is 2.29. The molecular weight excluding hydrogens is 390 g/mol. The van der Waals surface area contributed by atoms with E-state index >= 15 is 0 Å². The molecule has 0 aliphatic carbocycles. The number of nitrogens with one attached hydrogen (secondary N) is 1. The molecular formula is C21H23N3O4S. The minimum absolute atomic E-state index is 0.207. The Labute approximate surface area is 172 Å². The standard InChI is InChI=1S/C21H23N3O4S/c1-4-27-15-7-9-18(28-5-2)17(12-15)22-20(25)13-24-21(26)11-8-16(23-24)19-10-6-14(3)29-19/h6-12H,4-5,13H2,1-3H3,(H,22,25). The van der Waals surface area contributed by atoms with Crippen LogP contribution in [0.2, 0.25) is 0 Å². The predicted molar refractivity (Wildman–Crippen MR) is 114 cm³/mol. The molecule has 1 N–H and O–H groups in total.